The van der Waals surface area contributed by atoms with E-state index in [-0.39, 0.29) is 5.69 Å². The Kier molecular flexibility index (Phi) is 4.41. The summed E-state index contributed by atoms with van der Waals surface area (Å²) >= 11 is 0. The average Bonchev–Trinajstić information content (AvgIpc) is 2.38. The SMILES string of the molecule is Cc1cc(C)n(CCNCc2cccnc2)c(=O)n1. The van der Waals surface area contributed by atoms with Crippen LogP contribution in [0.4, 0.5) is 0 Å². The average molecular weight is 258 g/mol. The summed E-state index contributed by atoms with van der Waals surface area (Å²) in [6, 6.07) is 5.85. The highest BCUT2D eigenvalue weighted by Gasteiger charge is 2.02. The number of hydrogen-bond donors (Lipinski definition) is 1. The lowest BCUT2D eigenvalue weighted by Gasteiger charge is -2.10. The fourth-order valence-electron chi connectivity index (χ4n) is 1.97. The number of nitrogens with zero attached hydrogens (tertiary/aromatic N) is 3. The Morgan fingerprint density at radius 2 is 2.21 bits per heavy atom. The summed E-state index contributed by atoms with van der Waals surface area (Å²) in [5.74, 6) is 0. The molecule has 19 heavy (non-hydrogen) atoms. The molecule has 0 saturated carbocycles. The van der Waals surface area contributed by atoms with Gasteiger partial charge in [0.1, 0.15) is 0 Å². The Morgan fingerprint density at radius 1 is 1.37 bits per heavy atom. The molecule has 2 rings (SSSR count). The summed E-state index contributed by atoms with van der Waals surface area (Å²) in [5.41, 5.74) is 2.66. The van der Waals surface area contributed by atoms with E-state index in [9.17, 15) is 4.79 Å². The van der Waals surface area contributed by atoms with Gasteiger partial charge in [0.05, 0.1) is 0 Å². The van der Waals surface area contributed by atoms with Gasteiger partial charge in [-0.3, -0.25) is 9.55 Å². The van der Waals surface area contributed by atoms with Gasteiger partial charge < -0.3 is 5.32 Å². The summed E-state index contributed by atoms with van der Waals surface area (Å²) in [6.07, 6.45) is 3.59. The topological polar surface area (TPSA) is 59.8 Å². The fraction of sp³-hybridized carbons (Fsp3) is 0.357. The van der Waals surface area contributed by atoms with Crippen LogP contribution in [0.3, 0.4) is 0 Å². The van der Waals surface area contributed by atoms with Gasteiger partial charge in [-0.15, -0.1) is 0 Å². The summed E-state index contributed by atoms with van der Waals surface area (Å²) < 4.78 is 1.68. The van der Waals surface area contributed by atoms with E-state index in [1.807, 2.05) is 38.2 Å². The molecule has 2 aromatic heterocycles. The summed E-state index contributed by atoms with van der Waals surface area (Å²) in [6.45, 7) is 5.86. The summed E-state index contributed by atoms with van der Waals surface area (Å²) in [5, 5.41) is 3.29. The maximum atomic E-state index is 11.7. The smallest absolute Gasteiger partial charge is 0.311 e. The zero-order valence-corrected chi connectivity index (χ0v) is 11.3. The lowest BCUT2D eigenvalue weighted by molar-refractivity contribution is 0.563. The first-order valence-electron chi connectivity index (χ1n) is 6.31. The maximum Gasteiger partial charge on any atom is 0.347 e. The first-order valence-corrected chi connectivity index (χ1v) is 6.31. The van der Waals surface area contributed by atoms with Crippen molar-refractivity contribution in [2.24, 2.45) is 0 Å². The number of rotatable bonds is 5. The number of aryl methyl sites for hydroxylation is 2. The molecule has 0 aromatic carbocycles. The summed E-state index contributed by atoms with van der Waals surface area (Å²) in [7, 11) is 0. The molecule has 0 aliphatic rings. The maximum absolute atomic E-state index is 11.7. The molecule has 0 atom stereocenters. The molecule has 0 amide bonds. The standard InChI is InChI=1S/C14H18N4O/c1-11-8-12(2)18(14(19)17-11)7-6-16-10-13-4-3-5-15-9-13/h3-5,8-9,16H,6-7,10H2,1-2H3. The van der Waals surface area contributed by atoms with Crippen molar-refractivity contribution in [3.05, 3.63) is 58.0 Å². The molecule has 0 saturated heterocycles. The Balaban J connectivity index is 1.88. The van der Waals surface area contributed by atoms with Crippen LogP contribution in [0.2, 0.25) is 0 Å². The molecule has 0 aliphatic carbocycles. The van der Waals surface area contributed by atoms with Crippen molar-refractivity contribution in [1.29, 1.82) is 0 Å². The van der Waals surface area contributed by atoms with Crippen LogP contribution in [0.1, 0.15) is 17.0 Å². The van der Waals surface area contributed by atoms with E-state index in [0.717, 1.165) is 30.0 Å². The van der Waals surface area contributed by atoms with Crippen molar-refractivity contribution in [2.45, 2.75) is 26.9 Å². The molecule has 0 radical (unpaired) electrons. The zero-order chi connectivity index (χ0) is 13.7. The lowest BCUT2D eigenvalue weighted by atomic mass is 10.3. The van der Waals surface area contributed by atoms with Gasteiger partial charge in [0.2, 0.25) is 0 Å². The van der Waals surface area contributed by atoms with Crippen LogP contribution in [0.5, 0.6) is 0 Å². The van der Waals surface area contributed by atoms with Crippen molar-refractivity contribution in [3.63, 3.8) is 0 Å². The van der Waals surface area contributed by atoms with E-state index < -0.39 is 0 Å². The van der Waals surface area contributed by atoms with E-state index >= 15 is 0 Å². The van der Waals surface area contributed by atoms with Gasteiger partial charge in [0.25, 0.3) is 0 Å². The minimum absolute atomic E-state index is 0.180. The van der Waals surface area contributed by atoms with Crippen LogP contribution in [-0.2, 0) is 13.1 Å². The molecule has 2 aromatic rings. The number of aromatic nitrogens is 3. The van der Waals surface area contributed by atoms with Crippen LogP contribution in [0.25, 0.3) is 0 Å². The van der Waals surface area contributed by atoms with E-state index in [1.165, 1.54) is 0 Å². The molecule has 0 bridgehead atoms. The Hall–Kier alpha value is -2.01. The van der Waals surface area contributed by atoms with E-state index in [1.54, 1.807) is 10.8 Å². The third-order valence-electron chi connectivity index (χ3n) is 2.91. The van der Waals surface area contributed by atoms with E-state index in [2.05, 4.69) is 15.3 Å². The quantitative estimate of drug-likeness (QED) is 0.814. The van der Waals surface area contributed by atoms with Crippen molar-refractivity contribution >= 4 is 0 Å². The predicted octanol–water partition coefficient (Wildman–Crippen LogP) is 1.04. The molecule has 0 aliphatic heterocycles. The van der Waals surface area contributed by atoms with Gasteiger partial charge in [-0.2, -0.15) is 4.98 Å². The monoisotopic (exact) mass is 258 g/mol. The number of pyridine rings is 1. The fourth-order valence-corrected chi connectivity index (χ4v) is 1.97. The molecule has 0 spiro atoms. The molecule has 0 fully saturated rings. The van der Waals surface area contributed by atoms with Crippen molar-refractivity contribution in [1.82, 2.24) is 19.9 Å². The minimum Gasteiger partial charge on any atom is -0.311 e. The molecule has 5 nitrogen and oxygen atoms in total. The zero-order valence-electron chi connectivity index (χ0n) is 11.3. The van der Waals surface area contributed by atoms with Crippen LogP contribution in [-0.4, -0.2) is 21.1 Å². The molecule has 2 heterocycles. The Morgan fingerprint density at radius 3 is 2.89 bits per heavy atom. The molecule has 5 heteroatoms. The van der Waals surface area contributed by atoms with Crippen LogP contribution < -0.4 is 11.0 Å². The number of hydrogen-bond acceptors (Lipinski definition) is 4. The van der Waals surface area contributed by atoms with Gasteiger partial charge >= 0.3 is 5.69 Å². The van der Waals surface area contributed by atoms with Gasteiger partial charge in [0.15, 0.2) is 0 Å². The van der Waals surface area contributed by atoms with Gasteiger partial charge in [-0.25, -0.2) is 4.79 Å². The molecular formula is C14H18N4O. The third-order valence-corrected chi connectivity index (χ3v) is 2.91. The second-order valence-corrected chi connectivity index (χ2v) is 4.51. The molecule has 1 N–H and O–H groups in total. The highest BCUT2D eigenvalue weighted by atomic mass is 16.1. The second-order valence-electron chi connectivity index (χ2n) is 4.51. The van der Waals surface area contributed by atoms with E-state index in [0.29, 0.717) is 6.54 Å². The highest BCUT2D eigenvalue weighted by molar-refractivity contribution is 5.08. The lowest BCUT2D eigenvalue weighted by Crippen LogP contribution is -2.30. The Bertz CT molecular complexity index is 592. The summed E-state index contributed by atoms with van der Waals surface area (Å²) in [4.78, 5) is 19.7. The largest absolute Gasteiger partial charge is 0.347 e. The number of nitrogens with one attached hydrogen (secondary N) is 1. The van der Waals surface area contributed by atoms with E-state index in [4.69, 9.17) is 0 Å². The van der Waals surface area contributed by atoms with Crippen molar-refractivity contribution in [2.75, 3.05) is 6.54 Å². The predicted molar refractivity (Wildman–Crippen MR) is 73.9 cm³/mol. The molecular weight excluding hydrogens is 240 g/mol. The van der Waals surface area contributed by atoms with Crippen molar-refractivity contribution in [3.8, 4) is 0 Å². The normalized spacial score (nSPS) is 10.6. The first-order chi connectivity index (χ1) is 9.16. The second kappa shape index (κ2) is 6.24. The third kappa shape index (κ3) is 3.72. The molecule has 100 valence electrons. The van der Waals surface area contributed by atoms with Crippen LogP contribution >= 0.6 is 0 Å². The minimum atomic E-state index is -0.180. The van der Waals surface area contributed by atoms with Gasteiger partial charge in [-0.1, -0.05) is 6.07 Å². The van der Waals surface area contributed by atoms with Crippen molar-refractivity contribution < 1.29 is 0 Å². The van der Waals surface area contributed by atoms with Gasteiger partial charge in [-0.05, 0) is 31.5 Å². The highest BCUT2D eigenvalue weighted by Crippen LogP contribution is 1.97. The van der Waals surface area contributed by atoms with Crippen LogP contribution in [0.15, 0.2) is 35.4 Å². The Labute approximate surface area is 112 Å². The van der Waals surface area contributed by atoms with Gasteiger partial charge in [0, 0.05) is 43.4 Å². The van der Waals surface area contributed by atoms with Crippen LogP contribution in [0, 0.1) is 13.8 Å². The molecule has 0 unspecified atom stereocenters. The first kappa shape index (κ1) is 13.4.